The number of ketones is 1. The van der Waals surface area contributed by atoms with Crippen LogP contribution in [-0.2, 0) is 0 Å². The molecule has 0 fully saturated rings. The molecule has 0 saturated carbocycles. The molecule has 78 valence electrons. The third kappa shape index (κ3) is 1.27. The van der Waals surface area contributed by atoms with Crippen molar-refractivity contribution in [1.82, 2.24) is 0 Å². The third-order valence-electron chi connectivity index (χ3n) is 2.74. The van der Waals surface area contributed by atoms with Gasteiger partial charge < -0.3 is 0 Å². The Morgan fingerprint density at radius 2 is 1.69 bits per heavy atom. The monoisotopic (exact) mass is 292 g/mol. The zero-order valence-electron chi connectivity index (χ0n) is 8.13. The molecule has 2 aromatic carbocycles. The Labute approximate surface area is 106 Å². The number of rotatable bonds is 0. The molecule has 0 atom stereocenters. The molecule has 3 rings (SSSR count). The summed E-state index contributed by atoms with van der Waals surface area (Å²) in [5, 5.41) is 0.614. The predicted octanol–water partition coefficient (Wildman–Crippen LogP) is 4.31. The number of fused-ring (bicyclic) bond motifs is 3. The van der Waals surface area contributed by atoms with Crippen LogP contribution in [0.5, 0.6) is 0 Å². The second kappa shape index (κ2) is 3.44. The van der Waals surface area contributed by atoms with E-state index in [-0.39, 0.29) is 5.78 Å². The molecule has 0 aliphatic heterocycles. The Hall–Kier alpha value is -1.12. The van der Waals surface area contributed by atoms with E-state index < -0.39 is 0 Å². The summed E-state index contributed by atoms with van der Waals surface area (Å²) in [5.41, 5.74) is 3.20. The van der Waals surface area contributed by atoms with Gasteiger partial charge in [-0.2, -0.15) is 0 Å². The van der Waals surface area contributed by atoms with E-state index >= 15 is 0 Å². The van der Waals surface area contributed by atoms with E-state index in [4.69, 9.17) is 11.6 Å². The van der Waals surface area contributed by atoms with Crippen LogP contribution < -0.4 is 0 Å². The van der Waals surface area contributed by atoms with Crippen molar-refractivity contribution in [3.8, 4) is 11.1 Å². The molecule has 0 radical (unpaired) electrons. The first-order chi connectivity index (χ1) is 7.68. The largest absolute Gasteiger partial charge is 0.289 e. The first-order valence-electron chi connectivity index (χ1n) is 4.81. The number of hydrogen-bond acceptors (Lipinski definition) is 1. The topological polar surface area (TPSA) is 17.1 Å². The van der Waals surface area contributed by atoms with Crippen LogP contribution in [0.1, 0.15) is 15.9 Å². The van der Waals surface area contributed by atoms with Gasteiger partial charge in [-0.15, -0.1) is 0 Å². The maximum Gasteiger partial charge on any atom is 0.194 e. The van der Waals surface area contributed by atoms with Crippen LogP contribution in [0.4, 0.5) is 0 Å². The smallest absolute Gasteiger partial charge is 0.194 e. The van der Waals surface area contributed by atoms with Crippen molar-refractivity contribution in [3.63, 3.8) is 0 Å². The molecular weight excluding hydrogens is 287 g/mol. The lowest BCUT2D eigenvalue weighted by atomic mass is 10.1. The molecule has 16 heavy (non-hydrogen) atoms. The average Bonchev–Trinajstić information content (AvgIpc) is 2.54. The summed E-state index contributed by atoms with van der Waals surface area (Å²) < 4.78 is 0.831. The molecular formula is C13H6BrClO. The second-order valence-corrected chi connectivity index (χ2v) is 5.01. The fourth-order valence-electron chi connectivity index (χ4n) is 2.07. The highest BCUT2D eigenvalue weighted by Gasteiger charge is 2.28. The molecule has 2 aromatic rings. The van der Waals surface area contributed by atoms with E-state index in [9.17, 15) is 4.79 Å². The number of halogens is 2. The fourth-order valence-corrected chi connectivity index (χ4v) is 2.98. The van der Waals surface area contributed by atoms with Gasteiger partial charge in [0.05, 0.1) is 5.02 Å². The van der Waals surface area contributed by atoms with Crippen LogP contribution in [0.15, 0.2) is 40.9 Å². The van der Waals surface area contributed by atoms with E-state index in [1.165, 1.54) is 0 Å². The Kier molecular flexibility index (Phi) is 2.16. The first-order valence-corrected chi connectivity index (χ1v) is 5.99. The molecule has 0 bridgehead atoms. The molecule has 1 aliphatic carbocycles. The summed E-state index contributed by atoms with van der Waals surface area (Å²) in [6, 6.07) is 11.2. The lowest BCUT2D eigenvalue weighted by Crippen LogP contribution is -1.94. The minimum atomic E-state index is 0.0498. The van der Waals surface area contributed by atoms with Crippen molar-refractivity contribution in [2.75, 3.05) is 0 Å². The highest BCUT2D eigenvalue weighted by Crippen LogP contribution is 2.42. The van der Waals surface area contributed by atoms with Gasteiger partial charge in [0.2, 0.25) is 0 Å². The SMILES string of the molecule is O=C1c2ccccc2-c2c(Cl)cc(Br)cc21. The number of carbonyl (C=O) groups excluding carboxylic acids is 1. The van der Waals surface area contributed by atoms with Crippen LogP contribution in [0.3, 0.4) is 0 Å². The van der Waals surface area contributed by atoms with E-state index in [1.807, 2.05) is 36.4 Å². The van der Waals surface area contributed by atoms with Crippen LogP contribution in [0.2, 0.25) is 5.02 Å². The van der Waals surface area contributed by atoms with Crippen molar-refractivity contribution in [3.05, 3.63) is 57.0 Å². The Balaban J connectivity index is 2.43. The molecule has 0 amide bonds. The summed E-state index contributed by atoms with van der Waals surface area (Å²) in [6.45, 7) is 0. The van der Waals surface area contributed by atoms with Gasteiger partial charge in [-0.05, 0) is 17.7 Å². The molecule has 3 heteroatoms. The predicted molar refractivity (Wildman–Crippen MR) is 68.0 cm³/mol. The number of carbonyl (C=O) groups is 1. The third-order valence-corrected chi connectivity index (χ3v) is 3.50. The van der Waals surface area contributed by atoms with E-state index in [2.05, 4.69) is 15.9 Å². The minimum Gasteiger partial charge on any atom is -0.289 e. The maximum absolute atomic E-state index is 12.1. The average molecular weight is 294 g/mol. The zero-order chi connectivity index (χ0) is 11.3. The van der Waals surface area contributed by atoms with Gasteiger partial charge in [0.15, 0.2) is 5.78 Å². The normalized spacial score (nSPS) is 12.5. The van der Waals surface area contributed by atoms with Crippen molar-refractivity contribution >= 4 is 33.3 Å². The van der Waals surface area contributed by atoms with E-state index in [1.54, 1.807) is 0 Å². The van der Waals surface area contributed by atoms with Gasteiger partial charge in [-0.3, -0.25) is 4.79 Å². The summed E-state index contributed by atoms with van der Waals surface area (Å²) in [6.07, 6.45) is 0. The molecule has 1 aliphatic rings. The maximum atomic E-state index is 12.1. The van der Waals surface area contributed by atoms with Gasteiger partial charge in [0.25, 0.3) is 0 Å². The fraction of sp³-hybridized carbons (Fsp3) is 0. The summed E-state index contributed by atoms with van der Waals surface area (Å²) in [7, 11) is 0. The zero-order valence-corrected chi connectivity index (χ0v) is 10.5. The molecule has 0 aromatic heterocycles. The standard InChI is InChI=1S/C13H6BrClO/c14-7-5-10-12(11(15)6-7)8-3-1-2-4-9(8)13(10)16/h1-6H. The van der Waals surface area contributed by atoms with E-state index in [0.29, 0.717) is 10.6 Å². The van der Waals surface area contributed by atoms with Crippen molar-refractivity contribution in [1.29, 1.82) is 0 Å². The summed E-state index contributed by atoms with van der Waals surface area (Å²) in [5.74, 6) is 0.0498. The van der Waals surface area contributed by atoms with Crippen LogP contribution in [0, 0.1) is 0 Å². The first kappa shape index (κ1) is 10.1. The molecule has 0 spiro atoms. The quantitative estimate of drug-likeness (QED) is 0.603. The highest BCUT2D eigenvalue weighted by atomic mass is 79.9. The second-order valence-electron chi connectivity index (χ2n) is 3.68. The highest BCUT2D eigenvalue weighted by molar-refractivity contribution is 9.10. The molecule has 0 unspecified atom stereocenters. The molecule has 0 saturated heterocycles. The lowest BCUT2D eigenvalue weighted by Gasteiger charge is -2.03. The lowest BCUT2D eigenvalue weighted by molar-refractivity contribution is 0.104. The van der Waals surface area contributed by atoms with Gasteiger partial charge in [0, 0.05) is 21.2 Å². The molecule has 0 N–H and O–H groups in total. The van der Waals surface area contributed by atoms with Crippen LogP contribution in [-0.4, -0.2) is 5.78 Å². The van der Waals surface area contributed by atoms with Gasteiger partial charge in [-0.1, -0.05) is 51.8 Å². The Bertz CT molecular complexity index is 619. The van der Waals surface area contributed by atoms with Gasteiger partial charge in [0.1, 0.15) is 0 Å². The van der Waals surface area contributed by atoms with Crippen LogP contribution >= 0.6 is 27.5 Å². The Morgan fingerprint density at radius 3 is 2.44 bits per heavy atom. The Morgan fingerprint density at radius 1 is 1.00 bits per heavy atom. The van der Waals surface area contributed by atoms with Gasteiger partial charge in [-0.25, -0.2) is 0 Å². The van der Waals surface area contributed by atoms with Crippen LogP contribution in [0.25, 0.3) is 11.1 Å². The van der Waals surface area contributed by atoms with Crippen molar-refractivity contribution in [2.24, 2.45) is 0 Å². The molecule has 0 heterocycles. The summed E-state index contributed by atoms with van der Waals surface area (Å²) in [4.78, 5) is 12.1. The van der Waals surface area contributed by atoms with Crippen molar-refractivity contribution < 1.29 is 4.79 Å². The summed E-state index contributed by atoms with van der Waals surface area (Å²) >= 11 is 9.54. The van der Waals surface area contributed by atoms with Gasteiger partial charge >= 0.3 is 0 Å². The minimum absolute atomic E-state index is 0.0498. The molecule has 1 nitrogen and oxygen atoms in total. The number of hydrogen-bond donors (Lipinski definition) is 0. The number of benzene rings is 2. The van der Waals surface area contributed by atoms with E-state index in [0.717, 1.165) is 21.2 Å². The van der Waals surface area contributed by atoms with Crippen molar-refractivity contribution in [2.45, 2.75) is 0 Å².